The highest BCUT2D eigenvalue weighted by molar-refractivity contribution is 6.01. The van der Waals surface area contributed by atoms with Crippen LogP contribution in [-0.4, -0.2) is 51.2 Å². The van der Waals surface area contributed by atoms with Crippen LogP contribution in [0, 0.1) is 28.6 Å². The van der Waals surface area contributed by atoms with E-state index >= 15 is 0 Å². The second-order valence-electron chi connectivity index (χ2n) is 13.3. The van der Waals surface area contributed by atoms with E-state index in [1.54, 1.807) is 18.3 Å². The van der Waals surface area contributed by atoms with Gasteiger partial charge in [-0.15, -0.1) is 0 Å². The summed E-state index contributed by atoms with van der Waals surface area (Å²) in [4.78, 5) is 29.9. The Morgan fingerprint density at radius 2 is 1.95 bits per heavy atom. The molecule has 220 valence electrons. The van der Waals surface area contributed by atoms with Gasteiger partial charge < -0.3 is 25.4 Å². The molecule has 8 heteroatoms. The van der Waals surface area contributed by atoms with E-state index in [4.69, 9.17) is 15.2 Å². The van der Waals surface area contributed by atoms with Crippen molar-refractivity contribution >= 4 is 17.4 Å². The van der Waals surface area contributed by atoms with Crippen molar-refractivity contribution < 1.29 is 29.3 Å². The molecule has 1 saturated heterocycles. The van der Waals surface area contributed by atoms with E-state index in [2.05, 4.69) is 11.9 Å². The number of hydrogen-bond donors (Lipinski definition) is 3. The quantitative estimate of drug-likeness (QED) is 0.494. The first kappa shape index (κ1) is 27.7. The topological polar surface area (TPSA) is 132 Å². The normalized spacial score (nSPS) is 40.1. The van der Waals surface area contributed by atoms with Gasteiger partial charge in [0.1, 0.15) is 12.4 Å². The van der Waals surface area contributed by atoms with Gasteiger partial charge in [0, 0.05) is 28.5 Å². The van der Waals surface area contributed by atoms with E-state index in [0.29, 0.717) is 25.1 Å². The molecule has 7 rings (SSSR count). The molecule has 4 N–H and O–H groups in total. The molecule has 8 nitrogen and oxygen atoms in total. The van der Waals surface area contributed by atoms with Crippen molar-refractivity contribution in [3.8, 4) is 0 Å². The van der Waals surface area contributed by atoms with Gasteiger partial charge in [0.05, 0.1) is 12.2 Å². The van der Waals surface area contributed by atoms with Gasteiger partial charge in [-0.3, -0.25) is 9.59 Å². The molecule has 4 aliphatic carbocycles. The van der Waals surface area contributed by atoms with Crippen LogP contribution in [0.5, 0.6) is 0 Å². The predicted molar refractivity (Wildman–Crippen MR) is 155 cm³/mol. The van der Waals surface area contributed by atoms with Gasteiger partial charge in [-0.1, -0.05) is 49.8 Å². The molecule has 1 aliphatic heterocycles. The second kappa shape index (κ2) is 9.67. The lowest BCUT2D eigenvalue weighted by Crippen LogP contribution is -2.63. The molecule has 0 amide bonds. The van der Waals surface area contributed by atoms with Crippen LogP contribution in [0.1, 0.15) is 62.5 Å². The van der Waals surface area contributed by atoms with Crippen LogP contribution in [0.4, 0.5) is 5.82 Å². The summed E-state index contributed by atoms with van der Waals surface area (Å²) >= 11 is 0. The monoisotopic (exact) mass is 570 g/mol. The summed E-state index contributed by atoms with van der Waals surface area (Å²) in [5.41, 5.74) is 7.39. The number of allylic oxidation sites excluding steroid dienone is 4. The number of nitrogen functional groups attached to an aromatic ring is 1. The van der Waals surface area contributed by atoms with Crippen molar-refractivity contribution in [2.24, 2.45) is 28.6 Å². The minimum absolute atomic E-state index is 0.00175. The van der Waals surface area contributed by atoms with Gasteiger partial charge in [-0.05, 0) is 79.4 Å². The molecule has 4 fully saturated rings. The molecule has 0 spiro atoms. The van der Waals surface area contributed by atoms with Gasteiger partial charge in [-0.2, -0.15) is 0 Å². The molecule has 5 aliphatic rings. The van der Waals surface area contributed by atoms with Gasteiger partial charge in [0.15, 0.2) is 23.5 Å². The second-order valence-corrected chi connectivity index (χ2v) is 13.3. The Kier molecular flexibility index (Phi) is 6.37. The van der Waals surface area contributed by atoms with E-state index in [-0.39, 0.29) is 29.3 Å². The smallest absolute Gasteiger partial charge is 0.193 e. The fourth-order valence-corrected chi connectivity index (χ4v) is 9.47. The number of nitrogens with two attached hydrogens (primary N) is 1. The molecule has 2 heterocycles. The van der Waals surface area contributed by atoms with E-state index in [1.807, 2.05) is 49.4 Å². The Labute approximate surface area is 245 Å². The first-order valence-electron chi connectivity index (χ1n) is 15.0. The number of aliphatic hydroxyl groups is 2. The number of benzene rings is 1. The average molecular weight is 571 g/mol. The van der Waals surface area contributed by atoms with Gasteiger partial charge in [0.2, 0.25) is 0 Å². The number of ketones is 2. The molecule has 42 heavy (non-hydrogen) atoms. The number of anilines is 1. The molecular formula is C34H38N2O6. The zero-order valence-electron chi connectivity index (χ0n) is 24.0. The van der Waals surface area contributed by atoms with Crippen molar-refractivity contribution in [1.29, 1.82) is 0 Å². The lowest BCUT2D eigenvalue weighted by atomic mass is 9.46. The van der Waals surface area contributed by atoms with E-state index in [1.165, 1.54) is 0 Å². The van der Waals surface area contributed by atoms with Crippen LogP contribution in [0.3, 0.4) is 0 Å². The Morgan fingerprint density at radius 3 is 2.69 bits per heavy atom. The lowest BCUT2D eigenvalue weighted by Gasteiger charge is -2.59. The van der Waals surface area contributed by atoms with Crippen LogP contribution < -0.4 is 5.73 Å². The summed E-state index contributed by atoms with van der Waals surface area (Å²) < 4.78 is 13.3. The zero-order valence-corrected chi connectivity index (χ0v) is 24.0. The maximum Gasteiger partial charge on any atom is 0.193 e. The van der Waals surface area contributed by atoms with Gasteiger partial charge in [0.25, 0.3) is 0 Å². The Balaban J connectivity index is 1.18. The minimum Gasteiger partial charge on any atom is -0.393 e. The molecule has 9 atom stereocenters. The van der Waals surface area contributed by atoms with Crippen molar-refractivity contribution in [2.75, 3.05) is 12.3 Å². The highest BCUT2D eigenvalue weighted by Crippen LogP contribution is 2.70. The summed E-state index contributed by atoms with van der Waals surface area (Å²) in [7, 11) is 0. The van der Waals surface area contributed by atoms with Crippen molar-refractivity contribution in [2.45, 2.75) is 70.1 Å². The number of Topliss-reactive ketones (excluding diaryl/α,β-unsaturated/α-hetero) is 1. The van der Waals surface area contributed by atoms with Gasteiger partial charge in [-0.25, -0.2) is 4.98 Å². The number of aliphatic hydroxyl groups excluding tert-OH is 2. The summed E-state index contributed by atoms with van der Waals surface area (Å²) in [6.07, 6.45) is 8.34. The molecule has 1 aromatic carbocycles. The van der Waals surface area contributed by atoms with E-state index in [0.717, 1.165) is 35.1 Å². The zero-order chi connectivity index (χ0) is 29.4. The first-order chi connectivity index (χ1) is 20.1. The first-order valence-corrected chi connectivity index (χ1v) is 15.0. The summed E-state index contributed by atoms with van der Waals surface area (Å²) in [6, 6.07) is 11.7. The van der Waals surface area contributed by atoms with Crippen molar-refractivity contribution in [1.82, 2.24) is 4.98 Å². The van der Waals surface area contributed by atoms with Crippen LogP contribution >= 0.6 is 0 Å². The van der Waals surface area contributed by atoms with Crippen LogP contribution in [-0.2, 0) is 25.5 Å². The Hall–Kier alpha value is -3.17. The van der Waals surface area contributed by atoms with Gasteiger partial charge >= 0.3 is 0 Å². The number of aromatic nitrogens is 1. The average Bonchev–Trinajstić information content (AvgIpc) is 3.46. The summed E-state index contributed by atoms with van der Waals surface area (Å²) in [6.45, 7) is 3.53. The Bertz CT molecular complexity index is 1500. The lowest BCUT2D eigenvalue weighted by molar-refractivity contribution is -0.201. The van der Waals surface area contributed by atoms with Crippen LogP contribution in [0.2, 0.25) is 0 Å². The maximum absolute atomic E-state index is 13.7. The number of nitrogens with zero attached hydrogens (tertiary/aromatic N) is 1. The van der Waals surface area contributed by atoms with Crippen molar-refractivity contribution in [3.63, 3.8) is 0 Å². The van der Waals surface area contributed by atoms with Crippen molar-refractivity contribution in [3.05, 3.63) is 83.1 Å². The number of fused-ring (bicyclic) bond motifs is 7. The highest BCUT2D eigenvalue weighted by atomic mass is 16.7. The maximum atomic E-state index is 13.7. The molecule has 1 unspecified atom stereocenters. The highest BCUT2D eigenvalue weighted by Gasteiger charge is 2.75. The standard InChI is InChI=1S/C34H38N2O6/c1-32-11-9-23(38)15-22(32)7-8-24-25-16-28-34(27(40)18-37,33(25,2)17-26(39)30(24)32)42-31(41-28)21-5-3-19(4-6-21)13-20-10-12-36-29(35)14-20/h3-6,9-12,14-15,24-26,28,30-31,37,39H,7-8,13,16-18H2,1-2H3,(H2,35,36)/t24-,25-,26-,28+,30+,31+,32-,33-,34?/m0/s1. The minimum atomic E-state index is -1.36. The number of ether oxygens (including phenoxy) is 2. The number of rotatable bonds is 5. The van der Waals surface area contributed by atoms with E-state index in [9.17, 15) is 19.8 Å². The molecule has 0 bridgehead atoms. The fourth-order valence-electron chi connectivity index (χ4n) is 9.47. The SMILES string of the molecule is C[C@]12C=CC(=O)C=C1CC[C@@H]1[C@@H]2[C@@H](O)C[C@@]2(C)[C@H]1C[C@H]1O[C@@H](c3ccc(Cc4ccnc(N)c4)cc3)OC12C(=O)CO. The molecule has 3 saturated carbocycles. The number of pyridine rings is 1. The number of hydrogen-bond acceptors (Lipinski definition) is 8. The largest absolute Gasteiger partial charge is 0.393 e. The predicted octanol–water partition coefficient (Wildman–Crippen LogP) is 3.86. The third kappa shape index (κ3) is 3.85. The molecule has 0 radical (unpaired) electrons. The Morgan fingerprint density at radius 1 is 1.17 bits per heavy atom. The molecular weight excluding hydrogens is 532 g/mol. The van der Waals surface area contributed by atoms with E-state index < -0.39 is 41.5 Å². The third-order valence-electron chi connectivity index (χ3n) is 11.3. The number of carbonyl (C=O) groups is 2. The van der Waals surface area contributed by atoms with Crippen LogP contribution in [0.25, 0.3) is 0 Å². The number of carbonyl (C=O) groups excluding carboxylic acids is 2. The molecule has 1 aromatic heterocycles. The molecule has 2 aromatic rings. The third-order valence-corrected chi connectivity index (χ3v) is 11.3. The van der Waals surface area contributed by atoms with Crippen LogP contribution in [0.15, 0.2) is 66.4 Å². The summed E-state index contributed by atoms with van der Waals surface area (Å²) in [5.74, 6) is 0.217. The fraction of sp³-hybridized carbons (Fsp3) is 0.500. The summed E-state index contributed by atoms with van der Waals surface area (Å²) in [5, 5.41) is 22.0.